The molecule has 0 N–H and O–H groups in total. The summed E-state index contributed by atoms with van der Waals surface area (Å²) in [5, 5.41) is 10.2. The Balaban J connectivity index is 1.96. The number of carbonyl (C=O) groups excluding carboxylic acids is 1. The van der Waals surface area contributed by atoms with Gasteiger partial charge in [-0.3, -0.25) is 14.8 Å². The quantitative estimate of drug-likeness (QED) is 0.494. The Hall–Kier alpha value is -3.53. The van der Waals surface area contributed by atoms with Gasteiger partial charge in [0.05, 0.1) is 23.1 Å². The number of hydrogen-bond donors (Lipinski definition) is 0. The second-order valence-corrected chi connectivity index (χ2v) is 8.01. The standard InChI is InChI=1S/C23H24N6O/c1-23(2,20-8-4-5-10-26-20)21(29-16-27-18-15-25-11-9-19(18)29)17(14-24)22(30)28-12-6-3-7-13-28/h4-5,8-11,15-16H,3,6-7,12-13H2,1-2H3. The summed E-state index contributed by atoms with van der Waals surface area (Å²) < 4.78 is 1.84. The van der Waals surface area contributed by atoms with Crippen LogP contribution in [-0.4, -0.2) is 43.4 Å². The second-order valence-electron chi connectivity index (χ2n) is 8.01. The van der Waals surface area contributed by atoms with Crippen LogP contribution in [0.15, 0.2) is 54.8 Å². The summed E-state index contributed by atoms with van der Waals surface area (Å²) in [5.41, 5.74) is 2.26. The zero-order chi connectivity index (χ0) is 21.1. The first-order valence-corrected chi connectivity index (χ1v) is 10.2. The fourth-order valence-electron chi connectivity index (χ4n) is 4.09. The number of imidazole rings is 1. The van der Waals surface area contributed by atoms with Crippen molar-refractivity contribution in [3.8, 4) is 6.07 Å². The highest BCUT2D eigenvalue weighted by molar-refractivity contribution is 6.04. The summed E-state index contributed by atoms with van der Waals surface area (Å²) in [6.45, 7) is 5.32. The molecule has 1 saturated heterocycles. The molecule has 1 aliphatic rings. The molecule has 0 saturated carbocycles. The van der Waals surface area contributed by atoms with Gasteiger partial charge in [-0.05, 0) is 51.3 Å². The lowest BCUT2D eigenvalue weighted by Gasteiger charge is -2.32. The van der Waals surface area contributed by atoms with Gasteiger partial charge in [-0.2, -0.15) is 5.26 Å². The van der Waals surface area contributed by atoms with Crippen molar-refractivity contribution in [2.24, 2.45) is 0 Å². The van der Waals surface area contributed by atoms with Crippen LogP contribution in [0.3, 0.4) is 0 Å². The molecule has 0 unspecified atom stereocenters. The molecule has 7 nitrogen and oxygen atoms in total. The Morgan fingerprint density at radius 1 is 1.10 bits per heavy atom. The lowest BCUT2D eigenvalue weighted by Crippen LogP contribution is -2.38. The number of nitrogens with zero attached hydrogens (tertiary/aromatic N) is 6. The number of amides is 1. The predicted octanol–water partition coefficient (Wildman–Crippen LogP) is 3.55. The van der Waals surface area contributed by atoms with E-state index in [1.165, 1.54) is 0 Å². The van der Waals surface area contributed by atoms with Crippen LogP contribution in [0.5, 0.6) is 0 Å². The van der Waals surface area contributed by atoms with Gasteiger partial charge in [0, 0.05) is 30.9 Å². The number of likely N-dealkylation sites (tertiary alicyclic amines) is 1. The van der Waals surface area contributed by atoms with Gasteiger partial charge in [-0.1, -0.05) is 6.07 Å². The number of aromatic nitrogens is 4. The molecule has 4 rings (SSSR count). The summed E-state index contributed by atoms with van der Waals surface area (Å²) >= 11 is 0. The average Bonchev–Trinajstić information content (AvgIpc) is 3.21. The lowest BCUT2D eigenvalue weighted by atomic mass is 9.82. The first kappa shape index (κ1) is 19.8. The third-order valence-corrected chi connectivity index (χ3v) is 5.69. The van der Waals surface area contributed by atoms with E-state index in [1.54, 1.807) is 29.8 Å². The lowest BCUT2D eigenvalue weighted by molar-refractivity contribution is -0.127. The molecule has 4 heterocycles. The predicted molar refractivity (Wildman–Crippen MR) is 114 cm³/mol. The molecular weight excluding hydrogens is 376 g/mol. The number of piperidine rings is 1. The van der Waals surface area contributed by atoms with Crippen LogP contribution in [0.4, 0.5) is 0 Å². The number of nitriles is 1. The average molecular weight is 400 g/mol. The first-order chi connectivity index (χ1) is 14.5. The van der Waals surface area contributed by atoms with Crippen molar-refractivity contribution >= 4 is 22.6 Å². The molecule has 7 heteroatoms. The Morgan fingerprint density at radius 3 is 2.60 bits per heavy atom. The molecule has 0 bridgehead atoms. The van der Waals surface area contributed by atoms with Gasteiger partial charge < -0.3 is 9.47 Å². The Kier molecular flexibility index (Phi) is 5.32. The minimum atomic E-state index is -0.714. The number of pyridine rings is 2. The van der Waals surface area contributed by atoms with Gasteiger partial charge in [0.1, 0.15) is 23.5 Å². The highest BCUT2D eigenvalue weighted by atomic mass is 16.2. The third-order valence-electron chi connectivity index (χ3n) is 5.69. The van der Waals surface area contributed by atoms with E-state index >= 15 is 0 Å². The van der Waals surface area contributed by atoms with E-state index in [0.29, 0.717) is 24.3 Å². The van der Waals surface area contributed by atoms with Crippen molar-refractivity contribution in [2.75, 3.05) is 13.1 Å². The summed E-state index contributed by atoms with van der Waals surface area (Å²) in [4.78, 5) is 28.4. The summed E-state index contributed by atoms with van der Waals surface area (Å²) in [5.74, 6) is -0.230. The normalized spacial score (nSPS) is 15.6. The monoisotopic (exact) mass is 400 g/mol. The summed E-state index contributed by atoms with van der Waals surface area (Å²) in [7, 11) is 0. The van der Waals surface area contributed by atoms with Crippen molar-refractivity contribution in [1.82, 2.24) is 24.4 Å². The molecule has 30 heavy (non-hydrogen) atoms. The fraction of sp³-hybridized carbons (Fsp3) is 0.348. The van der Waals surface area contributed by atoms with E-state index in [1.807, 2.05) is 42.7 Å². The summed E-state index contributed by atoms with van der Waals surface area (Å²) in [6.07, 6.45) is 9.78. The highest BCUT2D eigenvalue weighted by Gasteiger charge is 2.36. The van der Waals surface area contributed by atoms with Gasteiger partial charge in [0.2, 0.25) is 0 Å². The maximum Gasteiger partial charge on any atom is 0.266 e. The SMILES string of the molecule is CC(C)(C(=C(C#N)C(=O)N1CCCCC1)n1cnc2cnccc21)c1ccccn1. The van der Waals surface area contributed by atoms with Crippen LogP contribution in [0.25, 0.3) is 16.7 Å². The van der Waals surface area contributed by atoms with Gasteiger partial charge in [-0.25, -0.2) is 4.98 Å². The molecule has 3 aromatic rings. The molecule has 0 aromatic carbocycles. The molecule has 0 spiro atoms. The second kappa shape index (κ2) is 8.07. The third kappa shape index (κ3) is 3.45. The minimum absolute atomic E-state index is 0.128. The number of hydrogen-bond acceptors (Lipinski definition) is 5. The maximum atomic E-state index is 13.5. The van der Waals surface area contributed by atoms with Crippen molar-refractivity contribution < 1.29 is 4.79 Å². The zero-order valence-corrected chi connectivity index (χ0v) is 17.2. The molecular formula is C23H24N6O. The molecule has 1 amide bonds. The van der Waals surface area contributed by atoms with Crippen LogP contribution >= 0.6 is 0 Å². The molecule has 0 atom stereocenters. The fourth-order valence-corrected chi connectivity index (χ4v) is 4.09. The van der Waals surface area contributed by atoms with Crippen molar-refractivity contribution in [3.05, 3.63) is 60.5 Å². The Bertz CT molecular complexity index is 1130. The molecule has 1 fully saturated rings. The van der Waals surface area contributed by atoms with E-state index in [4.69, 9.17) is 0 Å². The Morgan fingerprint density at radius 2 is 1.90 bits per heavy atom. The molecule has 3 aromatic heterocycles. The number of allylic oxidation sites excluding steroid dienone is 1. The van der Waals surface area contributed by atoms with Crippen molar-refractivity contribution in [2.45, 2.75) is 38.5 Å². The topological polar surface area (TPSA) is 87.7 Å². The first-order valence-electron chi connectivity index (χ1n) is 10.2. The van der Waals surface area contributed by atoms with Crippen LogP contribution in [0, 0.1) is 11.3 Å². The number of rotatable bonds is 4. The van der Waals surface area contributed by atoms with Crippen LogP contribution in [-0.2, 0) is 10.2 Å². The maximum absolute atomic E-state index is 13.5. The minimum Gasteiger partial charge on any atom is -0.338 e. The van der Waals surface area contributed by atoms with Gasteiger partial charge in [-0.15, -0.1) is 0 Å². The highest BCUT2D eigenvalue weighted by Crippen LogP contribution is 2.37. The van der Waals surface area contributed by atoms with E-state index in [9.17, 15) is 10.1 Å². The summed E-state index contributed by atoms with van der Waals surface area (Å²) in [6, 6.07) is 9.75. The van der Waals surface area contributed by atoms with E-state index in [-0.39, 0.29) is 11.5 Å². The van der Waals surface area contributed by atoms with Gasteiger partial charge in [0.15, 0.2) is 0 Å². The van der Waals surface area contributed by atoms with E-state index < -0.39 is 5.41 Å². The number of fused-ring (bicyclic) bond motifs is 1. The van der Waals surface area contributed by atoms with Crippen LogP contribution in [0.1, 0.15) is 38.8 Å². The van der Waals surface area contributed by atoms with E-state index in [0.717, 1.165) is 30.5 Å². The zero-order valence-electron chi connectivity index (χ0n) is 17.2. The molecule has 1 aliphatic heterocycles. The molecule has 0 radical (unpaired) electrons. The van der Waals surface area contributed by atoms with Crippen LogP contribution in [0.2, 0.25) is 0 Å². The smallest absolute Gasteiger partial charge is 0.266 e. The largest absolute Gasteiger partial charge is 0.338 e. The number of carbonyl (C=O) groups is 1. The van der Waals surface area contributed by atoms with Gasteiger partial charge in [0.25, 0.3) is 5.91 Å². The van der Waals surface area contributed by atoms with Crippen molar-refractivity contribution in [3.63, 3.8) is 0 Å². The Labute approximate surface area is 175 Å². The molecule has 152 valence electrons. The molecule has 0 aliphatic carbocycles. The van der Waals surface area contributed by atoms with Crippen molar-refractivity contribution in [1.29, 1.82) is 5.26 Å². The van der Waals surface area contributed by atoms with Crippen LogP contribution < -0.4 is 0 Å². The van der Waals surface area contributed by atoms with E-state index in [2.05, 4.69) is 21.0 Å². The van der Waals surface area contributed by atoms with Gasteiger partial charge >= 0.3 is 0 Å².